The van der Waals surface area contributed by atoms with Crippen molar-refractivity contribution in [1.82, 2.24) is 0 Å². The van der Waals surface area contributed by atoms with Crippen molar-refractivity contribution in [3.05, 3.63) is 47.5 Å². The minimum absolute atomic E-state index is 0.0726. The number of carbonyl (C=O) groups excluding carboxylic acids is 3. The summed E-state index contributed by atoms with van der Waals surface area (Å²) in [6.07, 6.45) is 0.946. The third kappa shape index (κ3) is 3.56. The van der Waals surface area contributed by atoms with Gasteiger partial charge in [-0.25, -0.2) is 4.79 Å². The Labute approximate surface area is 223 Å². The third-order valence-corrected chi connectivity index (χ3v) is 10.4. The predicted molar refractivity (Wildman–Crippen MR) is 137 cm³/mol. The lowest BCUT2D eigenvalue weighted by Crippen LogP contribution is -2.80. The molecule has 1 aromatic carbocycles. The average Bonchev–Trinajstić information content (AvgIpc) is 3.15. The van der Waals surface area contributed by atoms with Crippen molar-refractivity contribution < 1.29 is 39.2 Å². The smallest absolute Gasteiger partial charge is 0.338 e. The molecule has 38 heavy (non-hydrogen) atoms. The van der Waals surface area contributed by atoms with Gasteiger partial charge in [-0.2, -0.15) is 0 Å². The monoisotopic (exact) mass is 526 g/mol. The first-order valence-electron chi connectivity index (χ1n) is 13.6. The highest BCUT2D eigenvalue weighted by Gasteiger charge is 2.80. The Balaban J connectivity index is 1.73. The molecule has 0 aliphatic heterocycles. The van der Waals surface area contributed by atoms with Gasteiger partial charge in [0.1, 0.15) is 29.2 Å². The van der Waals surface area contributed by atoms with E-state index in [9.17, 15) is 29.7 Å². The highest BCUT2D eigenvalue weighted by molar-refractivity contribution is 5.89. The van der Waals surface area contributed by atoms with Gasteiger partial charge in [-0.15, -0.1) is 0 Å². The molecule has 0 spiro atoms. The molecule has 4 aliphatic rings. The number of hydrogen-bond donors (Lipinski definition) is 3. The van der Waals surface area contributed by atoms with Crippen LogP contribution in [0.4, 0.5) is 0 Å². The first-order chi connectivity index (χ1) is 17.8. The van der Waals surface area contributed by atoms with Gasteiger partial charge in [0.05, 0.1) is 11.7 Å². The van der Waals surface area contributed by atoms with Crippen LogP contribution in [-0.4, -0.2) is 62.6 Å². The molecule has 5 rings (SSSR count). The summed E-state index contributed by atoms with van der Waals surface area (Å²) in [5, 5.41) is 35.6. The molecule has 0 amide bonds. The zero-order chi connectivity index (χ0) is 27.7. The van der Waals surface area contributed by atoms with Crippen LogP contribution in [-0.2, 0) is 19.1 Å². The number of Topliss-reactive ketones (excluding diaryl/α,β-unsaturated/α-hetero) is 1. The standard InChI is InChI=1S/C30H38O8/c1-17(31)22-12-15-30(36)28(22,4)25(38-26(34)19-8-6-5-7-9-19)23(37-18(2)32)24-27(3)13-11-21(33)16-20(27)10-14-29(24,30)35/h5-10,21-25,33,35-36H,11-16H2,1-4H3/t21-,22+,23-,24+,25+,27-,28-,29-,30+/m0/s1. The van der Waals surface area contributed by atoms with Crippen molar-refractivity contribution in [3.8, 4) is 0 Å². The van der Waals surface area contributed by atoms with Crippen LogP contribution in [0.2, 0.25) is 0 Å². The second-order valence-electron chi connectivity index (χ2n) is 12.3. The molecule has 4 aliphatic carbocycles. The topological polar surface area (TPSA) is 130 Å². The summed E-state index contributed by atoms with van der Waals surface area (Å²) in [6, 6.07) is 8.41. The van der Waals surface area contributed by atoms with Crippen LogP contribution in [0.15, 0.2) is 42.0 Å². The summed E-state index contributed by atoms with van der Waals surface area (Å²) in [5.41, 5.74) is -4.51. The molecule has 206 valence electrons. The van der Waals surface area contributed by atoms with Gasteiger partial charge in [-0.3, -0.25) is 9.59 Å². The molecule has 0 aromatic heterocycles. The van der Waals surface area contributed by atoms with Gasteiger partial charge >= 0.3 is 11.9 Å². The Morgan fingerprint density at radius 3 is 2.29 bits per heavy atom. The lowest BCUT2D eigenvalue weighted by Gasteiger charge is -2.68. The zero-order valence-corrected chi connectivity index (χ0v) is 22.5. The van der Waals surface area contributed by atoms with Gasteiger partial charge in [-0.05, 0) is 63.0 Å². The minimum atomic E-state index is -1.81. The van der Waals surface area contributed by atoms with E-state index < -0.39 is 64.1 Å². The Morgan fingerprint density at radius 1 is 0.974 bits per heavy atom. The van der Waals surface area contributed by atoms with Crippen molar-refractivity contribution in [1.29, 1.82) is 0 Å². The largest absolute Gasteiger partial charge is 0.458 e. The quantitative estimate of drug-likeness (QED) is 0.403. The van der Waals surface area contributed by atoms with E-state index in [1.54, 1.807) is 37.3 Å². The summed E-state index contributed by atoms with van der Waals surface area (Å²) >= 11 is 0. The Bertz CT molecular complexity index is 1180. The van der Waals surface area contributed by atoms with E-state index in [-0.39, 0.29) is 24.2 Å². The summed E-state index contributed by atoms with van der Waals surface area (Å²) in [6.45, 7) is 6.36. The molecule has 3 fully saturated rings. The predicted octanol–water partition coefficient (Wildman–Crippen LogP) is 3.12. The number of aliphatic hydroxyl groups is 3. The van der Waals surface area contributed by atoms with Crippen LogP contribution in [0.25, 0.3) is 0 Å². The third-order valence-electron chi connectivity index (χ3n) is 10.4. The van der Waals surface area contributed by atoms with E-state index in [2.05, 4.69) is 0 Å². The first kappa shape index (κ1) is 27.0. The number of hydrogen-bond acceptors (Lipinski definition) is 8. The number of ether oxygens (including phenoxy) is 2. The molecule has 0 unspecified atom stereocenters. The summed E-state index contributed by atoms with van der Waals surface area (Å²) in [7, 11) is 0. The Hall–Kier alpha value is -2.55. The van der Waals surface area contributed by atoms with Crippen LogP contribution in [0.1, 0.15) is 76.6 Å². The van der Waals surface area contributed by atoms with E-state index in [0.717, 1.165) is 5.57 Å². The maximum atomic E-state index is 13.5. The van der Waals surface area contributed by atoms with Gasteiger partial charge in [0.25, 0.3) is 0 Å². The summed E-state index contributed by atoms with van der Waals surface area (Å²) in [5.74, 6) is -3.02. The molecule has 8 nitrogen and oxygen atoms in total. The van der Waals surface area contributed by atoms with Gasteiger partial charge in [0.2, 0.25) is 0 Å². The van der Waals surface area contributed by atoms with Crippen molar-refractivity contribution in [2.45, 2.75) is 95.7 Å². The highest BCUT2D eigenvalue weighted by Crippen LogP contribution is 2.70. The lowest BCUT2D eigenvalue weighted by atomic mass is 9.42. The molecule has 3 saturated carbocycles. The molecule has 9 atom stereocenters. The normalized spacial score (nSPS) is 43.7. The van der Waals surface area contributed by atoms with Gasteiger partial charge in [-0.1, -0.05) is 43.7 Å². The summed E-state index contributed by atoms with van der Waals surface area (Å²) in [4.78, 5) is 39.0. The number of ketones is 1. The van der Waals surface area contributed by atoms with E-state index in [1.807, 2.05) is 13.0 Å². The maximum absolute atomic E-state index is 13.5. The minimum Gasteiger partial charge on any atom is -0.458 e. The number of fused-ring (bicyclic) bond motifs is 5. The van der Waals surface area contributed by atoms with E-state index in [4.69, 9.17) is 9.47 Å². The van der Waals surface area contributed by atoms with Gasteiger partial charge < -0.3 is 24.8 Å². The molecular weight excluding hydrogens is 488 g/mol. The van der Waals surface area contributed by atoms with Crippen LogP contribution in [0, 0.1) is 22.7 Å². The maximum Gasteiger partial charge on any atom is 0.338 e. The van der Waals surface area contributed by atoms with Crippen LogP contribution < -0.4 is 0 Å². The Morgan fingerprint density at radius 2 is 1.66 bits per heavy atom. The fraction of sp³-hybridized carbons (Fsp3) is 0.633. The van der Waals surface area contributed by atoms with Gasteiger partial charge in [0, 0.05) is 24.2 Å². The number of esters is 2. The lowest BCUT2D eigenvalue weighted by molar-refractivity contribution is -0.327. The second-order valence-corrected chi connectivity index (χ2v) is 12.3. The fourth-order valence-electron chi connectivity index (χ4n) is 8.62. The second kappa shape index (κ2) is 9.00. The number of aliphatic hydroxyl groups excluding tert-OH is 1. The fourth-order valence-corrected chi connectivity index (χ4v) is 8.62. The van der Waals surface area contributed by atoms with Crippen molar-refractivity contribution >= 4 is 17.7 Å². The van der Waals surface area contributed by atoms with E-state index in [1.165, 1.54) is 13.8 Å². The molecule has 0 heterocycles. The van der Waals surface area contributed by atoms with Crippen LogP contribution in [0.3, 0.4) is 0 Å². The molecule has 0 saturated heterocycles. The molecule has 8 heteroatoms. The average molecular weight is 527 g/mol. The summed E-state index contributed by atoms with van der Waals surface area (Å²) < 4.78 is 12.2. The van der Waals surface area contributed by atoms with Gasteiger partial charge in [0.15, 0.2) is 0 Å². The SMILES string of the molecule is CC(=O)O[C@@H]1[C@@H](OC(=O)c2ccccc2)[C@]2(C)[C@@H](C(C)=O)CC[C@]2(O)[C@]2(O)CC=C3C[C@@H](O)CC[C@]3(C)[C@@H]12. The molecule has 3 N–H and O–H groups in total. The zero-order valence-electron chi connectivity index (χ0n) is 22.5. The Kier molecular flexibility index (Phi) is 6.40. The number of carbonyl (C=O) groups is 3. The molecule has 0 radical (unpaired) electrons. The first-order valence-corrected chi connectivity index (χ1v) is 13.6. The molecular formula is C30H38O8. The van der Waals surface area contributed by atoms with Crippen LogP contribution >= 0.6 is 0 Å². The number of benzene rings is 1. The molecule has 0 bridgehead atoms. The van der Waals surface area contributed by atoms with Crippen molar-refractivity contribution in [2.24, 2.45) is 22.7 Å². The van der Waals surface area contributed by atoms with Crippen molar-refractivity contribution in [3.63, 3.8) is 0 Å². The van der Waals surface area contributed by atoms with E-state index >= 15 is 0 Å². The van der Waals surface area contributed by atoms with Crippen molar-refractivity contribution in [2.75, 3.05) is 0 Å². The number of rotatable bonds is 4. The molecule has 1 aromatic rings. The van der Waals surface area contributed by atoms with Crippen LogP contribution in [0.5, 0.6) is 0 Å². The van der Waals surface area contributed by atoms with E-state index in [0.29, 0.717) is 25.7 Å². The highest BCUT2D eigenvalue weighted by atomic mass is 16.6.